The van der Waals surface area contributed by atoms with Gasteiger partial charge in [0.05, 0.1) is 0 Å². The van der Waals surface area contributed by atoms with Gasteiger partial charge in [-0.25, -0.2) is 0 Å². The molecule has 374 valence electrons. The zero-order chi connectivity index (χ0) is 47.7. The van der Waals surface area contributed by atoms with Crippen molar-refractivity contribution >= 4 is 17.0 Å². The monoisotopic (exact) mass is 1030 g/mol. The molecule has 0 bridgehead atoms. The third-order valence-corrected chi connectivity index (χ3v) is 24.1. The van der Waals surface area contributed by atoms with E-state index in [1.165, 1.54) is 116 Å². The fourth-order valence-corrected chi connectivity index (χ4v) is 20.5. The molecule has 0 nitrogen and oxygen atoms in total. The third-order valence-electron chi connectivity index (χ3n) is 24.1. The minimum atomic E-state index is -0.826. The zero-order valence-corrected chi connectivity index (χ0v) is 49.1. The van der Waals surface area contributed by atoms with Gasteiger partial charge in [0.25, 0.3) is 0 Å². The number of fused-ring (bicyclic) bond motifs is 10. The predicted octanol–water partition coefficient (Wildman–Crippen LogP) is 19.6. The van der Waals surface area contributed by atoms with Crippen molar-refractivity contribution in [2.24, 2.45) is 116 Å². The number of rotatable bonds is 12. The normalized spacial score (nSPS) is 45.8. The van der Waals surface area contributed by atoms with Crippen LogP contribution in [0.1, 0.15) is 223 Å². The molecule has 0 aromatic rings. The number of hydrogen-bond acceptors (Lipinski definition) is 0. The van der Waals surface area contributed by atoms with E-state index in [0.29, 0.717) is 21.7 Å². The molecular formula is C64H102Cl2Zr+2. The Morgan fingerprint density at radius 1 is 0.448 bits per heavy atom. The number of halogens is 2. The molecule has 10 aliphatic rings. The average molecular weight is 1030 g/mol. The third kappa shape index (κ3) is 11.4. The molecule has 10 rings (SSSR count). The molecule has 0 saturated heterocycles. The van der Waals surface area contributed by atoms with Crippen molar-refractivity contribution < 1.29 is 20.8 Å². The predicted molar refractivity (Wildman–Crippen MR) is 286 cm³/mol. The van der Waals surface area contributed by atoms with Crippen LogP contribution < -0.4 is 0 Å². The van der Waals surface area contributed by atoms with Gasteiger partial charge in [-0.3, -0.25) is 0 Å². The first-order valence-corrected chi connectivity index (χ1v) is 35.8. The summed E-state index contributed by atoms with van der Waals surface area (Å²) in [5.74, 6) is 18.7. The summed E-state index contributed by atoms with van der Waals surface area (Å²) in [6.45, 7) is 25.8. The maximum atomic E-state index is 4.93. The summed E-state index contributed by atoms with van der Waals surface area (Å²) in [4.78, 5) is 0. The van der Waals surface area contributed by atoms with E-state index in [4.69, 9.17) is 17.0 Å². The molecular weight excluding hydrogens is 931 g/mol. The van der Waals surface area contributed by atoms with Crippen molar-refractivity contribution in [1.29, 1.82) is 0 Å². The summed E-state index contributed by atoms with van der Waals surface area (Å²) in [6.07, 6.45) is 54.6. The van der Waals surface area contributed by atoms with Crippen LogP contribution in [-0.4, -0.2) is 0 Å². The molecule has 0 aromatic carbocycles. The van der Waals surface area contributed by atoms with Crippen LogP contribution in [0.3, 0.4) is 0 Å². The van der Waals surface area contributed by atoms with E-state index < -0.39 is 20.8 Å². The van der Waals surface area contributed by atoms with Gasteiger partial charge in [0.1, 0.15) is 0 Å². The molecule has 0 aromatic heterocycles. The second kappa shape index (κ2) is 23.6. The zero-order valence-electron chi connectivity index (χ0n) is 45.1. The second-order valence-electron chi connectivity index (χ2n) is 27.8. The van der Waals surface area contributed by atoms with Crippen LogP contribution in [0, 0.1) is 180 Å². The molecule has 0 N–H and O–H groups in total. The fraction of sp³-hybridized carbons (Fsp3) is 0.844. The minimum absolute atomic E-state index is 0.633. The topological polar surface area (TPSA) is 0 Å². The molecule has 18 atom stereocenters. The van der Waals surface area contributed by atoms with Crippen LogP contribution in [0.4, 0.5) is 0 Å². The molecule has 10 aliphatic carbocycles. The van der Waals surface area contributed by atoms with Gasteiger partial charge in [-0.1, -0.05) is 108 Å². The Labute approximate surface area is 437 Å². The molecule has 67 heavy (non-hydrogen) atoms. The van der Waals surface area contributed by atoms with Crippen LogP contribution in [0.5, 0.6) is 0 Å². The van der Waals surface area contributed by atoms with Crippen molar-refractivity contribution in [2.45, 2.75) is 223 Å². The maximum absolute atomic E-state index is 4.93. The van der Waals surface area contributed by atoms with Crippen molar-refractivity contribution in [3.05, 3.63) is 63.2 Å². The molecule has 10 saturated carbocycles. The summed E-state index contributed by atoms with van der Waals surface area (Å²) in [7, 11) is 9.87. The molecule has 0 amide bonds. The van der Waals surface area contributed by atoms with Gasteiger partial charge in [-0.05, 0) is 295 Å². The number of hydrogen-bond donors (Lipinski definition) is 0. The standard InChI is InChI=1S/2C32H51.2ClH.Zr/c2*1-22(2)9-8-10-23(3)28-15-16-29-27-14-13-26-21-25(24-11-6-7-12-24)17-19-31(26,4)30(27)18-20-32(28,29)5;;;/h2*6-7,11-12,22-23,25-30H,8-10,13-21H2,1-5H3;2*1H;/q;;;;+4/p-2/t2*23-,25+,26+,27+,28-,29+,30+,31+,32-;;;/m11.../s1. The van der Waals surface area contributed by atoms with Crippen molar-refractivity contribution in [3.8, 4) is 0 Å². The summed E-state index contributed by atoms with van der Waals surface area (Å²) in [5.41, 5.74) is 2.56. The molecule has 0 spiro atoms. The van der Waals surface area contributed by atoms with Gasteiger partial charge in [-0.2, -0.15) is 0 Å². The van der Waals surface area contributed by atoms with Crippen LogP contribution in [0.15, 0.2) is 0 Å². The fourth-order valence-electron chi connectivity index (χ4n) is 20.5. The molecule has 0 aliphatic heterocycles. The van der Waals surface area contributed by atoms with Crippen LogP contribution in [-0.2, 0) is 20.8 Å². The van der Waals surface area contributed by atoms with Gasteiger partial charge in [0.2, 0.25) is 0 Å². The first kappa shape index (κ1) is 54.7. The Bertz CT molecular complexity index is 1400. The Balaban J connectivity index is 0.000000172. The molecule has 3 heteroatoms. The summed E-state index contributed by atoms with van der Waals surface area (Å²) in [6, 6.07) is 0. The van der Waals surface area contributed by atoms with Crippen LogP contribution in [0.25, 0.3) is 0 Å². The average Bonchev–Trinajstić information content (AvgIpc) is 4.13. The van der Waals surface area contributed by atoms with E-state index in [2.05, 4.69) is 121 Å². The molecule has 10 fully saturated rings. The molecule has 0 unspecified atom stereocenters. The first-order chi connectivity index (χ1) is 32.1. The van der Waals surface area contributed by atoms with Gasteiger partial charge in [0, 0.05) is 0 Å². The first-order valence-electron chi connectivity index (χ1n) is 29.5. The van der Waals surface area contributed by atoms with E-state index in [1.807, 2.05) is 0 Å². The van der Waals surface area contributed by atoms with E-state index in [-0.39, 0.29) is 0 Å². The van der Waals surface area contributed by atoms with Crippen molar-refractivity contribution in [2.75, 3.05) is 0 Å². The van der Waals surface area contributed by atoms with E-state index in [0.717, 1.165) is 94.7 Å². The van der Waals surface area contributed by atoms with E-state index >= 15 is 0 Å². The SMILES string of the molecule is CC(C)CCC[C@@H](C)[C@H]1CC[C@H]2[C@@H]3CC[C@H]4C[C@@H]([C]5[CH][CH][CH][CH]5)CC[C@]4(C)[C@H]3CC[C@]12C.CC(C)CCC[C@@H](C)[C@H]1CC[C@H]2[C@@H]3CC[C@H]4C[C@@H]([C]5[CH][CH][CH][CH]5)CC[C@]4(C)[C@H]3CC[C@]12C.[Cl][Zr+2][Cl]. The summed E-state index contributed by atoms with van der Waals surface area (Å²) < 4.78 is 0. The van der Waals surface area contributed by atoms with Gasteiger partial charge < -0.3 is 0 Å². The Morgan fingerprint density at radius 2 is 0.791 bits per heavy atom. The Kier molecular flexibility index (Phi) is 19.2. The van der Waals surface area contributed by atoms with Crippen LogP contribution >= 0.6 is 17.0 Å². The summed E-state index contributed by atoms with van der Waals surface area (Å²) in [5, 5.41) is 0. The molecule has 0 heterocycles. The van der Waals surface area contributed by atoms with Gasteiger partial charge in [0.15, 0.2) is 0 Å². The van der Waals surface area contributed by atoms with Crippen molar-refractivity contribution in [3.63, 3.8) is 0 Å². The van der Waals surface area contributed by atoms with Gasteiger partial charge in [-0.15, -0.1) is 0 Å². The van der Waals surface area contributed by atoms with Gasteiger partial charge >= 0.3 is 37.9 Å². The quantitative estimate of drug-likeness (QED) is 0.183. The Morgan fingerprint density at radius 3 is 1.15 bits per heavy atom. The molecule has 10 radical (unpaired) electrons. The van der Waals surface area contributed by atoms with E-state index in [1.54, 1.807) is 50.4 Å². The van der Waals surface area contributed by atoms with E-state index in [9.17, 15) is 0 Å². The Hall–Kier alpha value is 1.46. The summed E-state index contributed by atoms with van der Waals surface area (Å²) >= 11 is -0.826. The van der Waals surface area contributed by atoms with Crippen LogP contribution in [0.2, 0.25) is 0 Å². The second-order valence-corrected chi connectivity index (χ2v) is 31.6. The van der Waals surface area contributed by atoms with Crippen molar-refractivity contribution in [1.82, 2.24) is 0 Å².